The highest BCUT2D eigenvalue weighted by Crippen LogP contribution is 2.52. The maximum absolute atomic E-state index is 9.18. The molecule has 5 aromatic rings. The summed E-state index contributed by atoms with van der Waals surface area (Å²) in [6, 6.07) is 38.9. The quantitative estimate of drug-likeness (QED) is 0.238. The van der Waals surface area contributed by atoms with Crippen molar-refractivity contribution >= 4 is 22.4 Å². The summed E-state index contributed by atoms with van der Waals surface area (Å²) in [6.07, 6.45) is 3.14. The third kappa shape index (κ3) is 3.96. The van der Waals surface area contributed by atoms with Crippen LogP contribution in [0.2, 0.25) is 0 Å². The molecule has 0 saturated heterocycles. The van der Waals surface area contributed by atoms with Gasteiger partial charge in [-0.05, 0) is 86.3 Å². The van der Waals surface area contributed by atoms with Crippen molar-refractivity contribution in [2.75, 3.05) is 0 Å². The van der Waals surface area contributed by atoms with Crippen molar-refractivity contribution in [1.82, 2.24) is 0 Å². The third-order valence-corrected chi connectivity index (χ3v) is 7.87. The number of allylic oxidation sites excluding steroid dienone is 1. The molecule has 0 amide bonds. The summed E-state index contributed by atoms with van der Waals surface area (Å²) in [5.41, 5.74) is 12.4. The molecule has 1 aliphatic rings. The average molecular weight is 476 g/mol. The zero-order valence-corrected chi connectivity index (χ0v) is 21.5. The van der Waals surface area contributed by atoms with E-state index in [9.17, 15) is 5.26 Å². The van der Waals surface area contributed by atoms with Crippen LogP contribution in [0.5, 0.6) is 0 Å². The summed E-state index contributed by atoms with van der Waals surface area (Å²) in [4.78, 5) is 0. The Balaban J connectivity index is 1.47. The standard InChI is InChI=1S/C36H29N/c1-24-19-34-35(31-12-8-7-11-30(24)31)32-18-17-27(22-33(32)36(34,2)3)21-29(28-9-5-4-6-10-28)20-25-13-15-26(23-37)16-14-25/h4-19,21-22H,20H2,1-3H3/b29-21-. The summed E-state index contributed by atoms with van der Waals surface area (Å²) >= 11 is 0. The molecule has 0 bridgehead atoms. The first-order valence-electron chi connectivity index (χ1n) is 12.9. The lowest BCUT2D eigenvalue weighted by Gasteiger charge is -2.22. The number of aryl methyl sites for hydroxylation is 1. The minimum absolute atomic E-state index is 0.0661. The highest BCUT2D eigenvalue weighted by atomic mass is 14.4. The summed E-state index contributed by atoms with van der Waals surface area (Å²) in [5.74, 6) is 0. The summed E-state index contributed by atoms with van der Waals surface area (Å²) in [7, 11) is 0. The van der Waals surface area contributed by atoms with E-state index in [2.05, 4.69) is 124 Å². The van der Waals surface area contributed by atoms with Crippen LogP contribution in [0, 0.1) is 18.3 Å². The van der Waals surface area contributed by atoms with E-state index in [1.54, 1.807) is 0 Å². The van der Waals surface area contributed by atoms with Gasteiger partial charge >= 0.3 is 0 Å². The van der Waals surface area contributed by atoms with Crippen LogP contribution < -0.4 is 0 Å². The molecule has 0 atom stereocenters. The molecule has 0 aliphatic heterocycles. The molecule has 1 heteroatoms. The molecule has 0 N–H and O–H groups in total. The fourth-order valence-corrected chi connectivity index (χ4v) is 5.88. The minimum Gasteiger partial charge on any atom is -0.192 e. The molecular formula is C36H29N. The van der Waals surface area contributed by atoms with Gasteiger partial charge in [-0.3, -0.25) is 0 Å². The monoisotopic (exact) mass is 475 g/mol. The van der Waals surface area contributed by atoms with Gasteiger partial charge in [0.2, 0.25) is 0 Å². The van der Waals surface area contributed by atoms with Crippen molar-refractivity contribution in [2.45, 2.75) is 32.6 Å². The number of fused-ring (bicyclic) bond motifs is 5. The topological polar surface area (TPSA) is 23.8 Å². The fourth-order valence-electron chi connectivity index (χ4n) is 5.88. The Morgan fingerprint density at radius 1 is 0.784 bits per heavy atom. The van der Waals surface area contributed by atoms with E-state index in [0.717, 1.165) is 6.42 Å². The SMILES string of the molecule is Cc1cc2c(c3ccccc13)-c1ccc(/C=C(/Cc3ccc(C#N)cc3)c3ccccc3)cc1C2(C)C. The Hall–Kier alpha value is -4.41. The molecule has 0 aromatic heterocycles. The first kappa shape index (κ1) is 23.0. The maximum atomic E-state index is 9.18. The Bertz CT molecular complexity index is 1710. The van der Waals surface area contributed by atoms with Gasteiger partial charge in [0.05, 0.1) is 11.6 Å². The van der Waals surface area contributed by atoms with Crippen molar-refractivity contribution in [3.8, 4) is 17.2 Å². The van der Waals surface area contributed by atoms with Crippen LogP contribution in [-0.2, 0) is 11.8 Å². The van der Waals surface area contributed by atoms with Crippen LogP contribution in [0.4, 0.5) is 0 Å². The smallest absolute Gasteiger partial charge is 0.0991 e. The molecule has 1 aliphatic carbocycles. The lowest BCUT2D eigenvalue weighted by atomic mass is 9.80. The molecule has 0 spiro atoms. The van der Waals surface area contributed by atoms with E-state index in [1.165, 1.54) is 60.9 Å². The van der Waals surface area contributed by atoms with Crippen LogP contribution in [0.25, 0.3) is 33.5 Å². The zero-order valence-electron chi connectivity index (χ0n) is 21.5. The number of rotatable bonds is 4. The fraction of sp³-hybridized carbons (Fsp3) is 0.139. The van der Waals surface area contributed by atoms with Crippen molar-refractivity contribution in [1.29, 1.82) is 5.26 Å². The van der Waals surface area contributed by atoms with Crippen LogP contribution >= 0.6 is 0 Å². The van der Waals surface area contributed by atoms with Gasteiger partial charge in [-0.1, -0.05) is 111 Å². The minimum atomic E-state index is -0.0661. The van der Waals surface area contributed by atoms with E-state index in [1.807, 2.05) is 12.1 Å². The molecule has 178 valence electrons. The maximum Gasteiger partial charge on any atom is 0.0991 e. The number of hydrogen-bond donors (Lipinski definition) is 0. The molecule has 6 rings (SSSR count). The number of nitrogens with zero attached hydrogens (tertiary/aromatic N) is 1. The van der Waals surface area contributed by atoms with E-state index in [4.69, 9.17) is 0 Å². The van der Waals surface area contributed by atoms with Crippen molar-refractivity contribution in [3.63, 3.8) is 0 Å². The second-order valence-corrected chi connectivity index (χ2v) is 10.6. The predicted molar refractivity (Wildman–Crippen MR) is 155 cm³/mol. The van der Waals surface area contributed by atoms with Gasteiger partial charge in [0.25, 0.3) is 0 Å². The largest absolute Gasteiger partial charge is 0.192 e. The Labute approximate surface area is 219 Å². The van der Waals surface area contributed by atoms with Gasteiger partial charge in [0, 0.05) is 5.41 Å². The normalized spacial score (nSPS) is 13.7. The van der Waals surface area contributed by atoms with E-state index in [-0.39, 0.29) is 5.41 Å². The van der Waals surface area contributed by atoms with Gasteiger partial charge < -0.3 is 0 Å². The van der Waals surface area contributed by atoms with Crippen LogP contribution in [-0.4, -0.2) is 0 Å². The van der Waals surface area contributed by atoms with E-state index in [0.29, 0.717) is 5.56 Å². The van der Waals surface area contributed by atoms with Crippen molar-refractivity contribution < 1.29 is 0 Å². The molecule has 1 nitrogen and oxygen atoms in total. The van der Waals surface area contributed by atoms with Crippen LogP contribution in [0.3, 0.4) is 0 Å². The van der Waals surface area contributed by atoms with Crippen molar-refractivity contribution in [2.24, 2.45) is 0 Å². The van der Waals surface area contributed by atoms with E-state index < -0.39 is 0 Å². The Kier molecular flexibility index (Phi) is 5.54. The number of benzene rings is 5. The summed E-state index contributed by atoms with van der Waals surface area (Å²) < 4.78 is 0. The second kappa shape index (κ2) is 8.91. The van der Waals surface area contributed by atoms with Gasteiger partial charge in [-0.15, -0.1) is 0 Å². The van der Waals surface area contributed by atoms with Crippen molar-refractivity contribution in [3.05, 3.63) is 142 Å². The molecule has 5 aromatic carbocycles. The first-order valence-corrected chi connectivity index (χ1v) is 12.9. The molecule has 0 unspecified atom stereocenters. The molecule has 0 saturated carbocycles. The van der Waals surface area contributed by atoms with Gasteiger partial charge in [-0.25, -0.2) is 0 Å². The number of hydrogen-bond acceptors (Lipinski definition) is 1. The predicted octanol–water partition coefficient (Wildman–Crippen LogP) is 9.11. The molecule has 0 radical (unpaired) electrons. The zero-order chi connectivity index (χ0) is 25.6. The highest BCUT2D eigenvalue weighted by molar-refractivity contribution is 6.04. The lowest BCUT2D eigenvalue weighted by Crippen LogP contribution is -2.15. The van der Waals surface area contributed by atoms with Crippen LogP contribution in [0.15, 0.2) is 103 Å². The molecular weight excluding hydrogens is 446 g/mol. The highest BCUT2D eigenvalue weighted by Gasteiger charge is 2.36. The Morgan fingerprint density at radius 3 is 2.22 bits per heavy atom. The van der Waals surface area contributed by atoms with Crippen LogP contribution in [0.1, 0.15) is 52.8 Å². The first-order chi connectivity index (χ1) is 18.0. The summed E-state index contributed by atoms with van der Waals surface area (Å²) in [5, 5.41) is 11.9. The van der Waals surface area contributed by atoms with Gasteiger partial charge in [0.15, 0.2) is 0 Å². The number of nitriles is 1. The van der Waals surface area contributed by atoms with E-state index >= 15 is 0 Å². The van der Waals surface area contributed by atoms with Gasteiger partial charge in [0.1, 0.15) is 0 Å². The second-order valence-electron chi connectivity index (χ2n) is 10.6. The third-order valence-electron chi connectivity index (χ3n) is 7.87. The lowest BCUT2D eigenvalue weighted by molar-refractivity contribution is 0.660. The molecule has 0 heterocycles. The Morgan fingerprint density at radius 2 is 1.49 bits per heavy atom. The van der Waals surface area contributed by atoms with Gasteiger partial charge in [-0.2, -0.15) is 5.26 Å². The molecule has 0 fully saturated rings. The summed E-state index contributed by atoms with van der Waals surface area (Å²) in [6.45, 7) is 6.94. The average Bonchev–Trinajstić information content (AvgIpc) is 3.15. The molecule has 37 heavy (non-hydrogen) atoms.